The van der Waals surface area contributed by atoms with Crippen molar-refractivity contribution < 1.29 is 13.9 Å². The Bertz CT molecular complexity index is 664. The smallest absolute Gasteiger partial charge is 0.227 e. The second-order valence-corrected chi connectivity index (χ2v) is 5.73. The highest BCUT2D eigenvalue weighted by atomic mass is 16.5. The molecule has 1 aromatic carbocycles. The van der Waals surface area contributed by atoms with Gasteiger partial charge in [0.15, 0.2) is 11.5 Å². The molecule has 1 saturated heterocycles. The van der Waals surface area contributed by atoms with Crippen LogP contribution in [0.3, 0.4) is 0 Å². The summed E-state index contributed by atoms with van der Waals surface area (Å²) in [7, 11) is 1.65. The van der Waals surface area contributed by atoms with E-state index in [1.54, 1.807) is 7.11 Å². The van der Waals surface area contributed by atoms with Gasteiger partial charge in [0.05, 0.1) is 6.61 Å². The lowest BCUT2D eigenvalue weighted by atomic mass is 9.88. The van der Waals surface area contributed by atoms with Gasteiger partial charge >= 0.3 is 0 Å². The average Bonchev–Trinajstić information content (AvgIpc) is 2.85. The number of fused-ring (bicyclic) bond motifs is 1. The van der Waals surface area contributed by atoms with Crippen molar-refractivity contribution in [3.05, 3.63) is 24.1 Å². The number of anilines is 1. The van der Waals surface area contributed by atoms with Crippen molar-refractivity contribution in [3.63, 3.8) is 0 Å². The summed E-state index contributed by atoms with van der Waals surface area (Å²) in [5.41, 5.74) is 2.23. The van der Waals surface area contributed by atoms with E-state index in [0.717, 1.165) is 29.9 Å². The molecular weight excluding hydrogens is 282 g/mol. The minimum atomic E-state index is 0.00604. The number of rotatable bonds is 6. The lowest BCUT2D eigenvalue weighted by Crippen LogP contribution is -2.48. The fraction of sp³-hybridized carbons (Fsp3) is 0.500. The molecule has 0 radical (unpaired) electrons. The van der Waals surface area contributed by atoms with Crippen LogP contribution in [0.5, 0.6) is 0 Å². The molecule has 0 spiro atoms. The summed E-state index contributed by atoms with van der Waals surface area (Å²) in [4.78, 5) is 16.6. The Morgan fingerprint density at radius 3 is 3.05 bits per heavy atom. The molecule has 1 amide bonds. The van der Waals surface area contributed by atoms with Gasteiger partial charge in [-0.05, 0) is 37.2 Å². The number of benzene rings is 1. The molecule has 1 atom stereocenters. The second-order valence-electron chi connectivity index (χ2n) is 5.73. The first kappa shape index (κ1) is 15.0. The minimum Gasteiger partial charge on any atom is -0.441 e. The number of carbonyl (C=O) groups excluding carboxylic acids is 1. The summed E-state index contributed by atoms with van der Waals surface area (Å²) in [5, 5.41) is 6.15. The molecule has 0 aliphatic carbocycles. The lowest BCUT2D eigenvalue weighted by Gasteiger charge is -2.31. The van der Waals surface area contributed by atoms with Gasteiger partial charge < -0.3 is 19.8 Å². The first-order valence-electron chi connectivity index (χ1n) is 7.57. The summed E-state index contributed by atoms with van der Waals surface area (Å²) < 4.78 is 10.7. The molecule has 2 N–H and O–H groups in total. The fourth-order valence-corrected chi connectivity index (χ4v) is 2.48. The summed E-state index contributed by atoms with van der Waals surface area (Å²) in [5.74, 6) is 1.13. The third-order valence-corrected chi connectivity index (χ3v) is 4.15. The van der Waals surface area contributed by atoms with Crippen molar-refractivity contribution in [2.24, 2.45) is 11.8 Å². The van der Waals surface area contributed by atoms with Crippen LogP contribution in [0.4, 0.5) is 5.69 Å². The Kier molecular flexibility index (Phi) is 4.40. The van der Waals surface area contributed by atoms with Crippen molar-refractivity contribution in [3.8, 4) is 0 Å². The molecule has 3 rings (SSSR count). The molecule has 2 aromatic rings. The number of ether oxygens (including phenoxy) is 1. The molecule has 1 aromatic heterocycles. The van der Waals surface area contributed by atoms with E-state index in [-0.39, 0.29) is 11.8 Å². The highest BCUT2D eigenvalue weighted by Crippen LogP contribution is 2.22. The maximum Gasteiger partial charge on any atom is 0.227 e. The van der Waals surface area contributed by atoms with Crippen LogP contribution in [-0.2, 0) is 16.0 Å². The van der Waals surface area contributed by atoms with Gasteiger partial charge in [-0.1, -0.05) is 6.92 Å². The SMILES string of the molecule is COCCc1nc2cc(NC(=O)C(C)C3CNC3)ccc2o1. The number of nitrogens with one attached hydrogen (secondary N) is 2. The first-order valence-corrected chi connectivity index (χ1v) is 7.57. The van der Waals surface area contributed by atoms with Gasteiger partial charge in [-0.3, -0.25) is 4.79 Å². The van der Waals surface area contributed by atoms with E-state index in [9.17, 15) is 4.79 Å². The highest BCUT2D eigenvalue weighted by molar-refractivity contribution is 5.94. The zero-order chi connectivity index (χ0) is 15.5. The topological polar surface area (TPSA) is 76.4 Å². The van der Waals surface area contributed by atoms with Gasteiger partial charge in [0.25, 0.3) is 0 Å². The number of hydrogen-bond donors (Lipinski definition) is 2. The van der Waals surface area contributed by atoms with Crippen molar-refractivity contribution in [2.75, 3.05) is 32.1 Å². The quantitative estimate of drug-likeness (QED) is 0.851. The van der Waals surface area contributed by atoms with Crippen LogP contribution in [0.2, 0.25) is 0 Å². The zero-order valence-corrected chi connectivity index (χ0v) is 12.9. The van der Waals surface area contributed by atoms with Crippen molar-refractivity contribution in [1.29, 1.82) is 0 Å². The maximum absolute atomic E-state index is 12.2. The van der Waals surface area contributed by atoms with Gasteiger partial charge in [0.2, 0.25) is 5.91 Å². The van der Waals surface area contributed by atoms with Gasteiger partial charge in [-0.25, -0.2) is 4.98 Å². The minimum absolute atomic E-state index is 0.00604. The van der Waals surface area contributed by atoms with E-state index in [2.05, 4.69) is 15.6 Å². The number of methoxy groups -OCH3 is 1. The number of oxazole rings is 1. The number of amides is 1. The summed E-state index contributed by atoms with van der Waals surface area (Å²) in [6.07, 6.45) is 0.637. The summed E-state index contributed by atoms with van der Waals surface area (Å²) in [6, 6.07) is 5.53. The second kappa shape index (κ2) is 6.46. The molecule has 1 unspecified atom stereocenters. The number of nitrogens with zero attached hydrogens (tertiary/aromatic N) is 1. The molecule has 22 heavy (non-hydrogen) atoms. The summed E-state index contributed by atoms with van der Waals surface area (Å²) >= 11 is 0. The standard InChI is InChI=1S/C16H21N3O3/c1-10(11-8-17-9-11)16(20)18-12-3-4-14-13(7-12)19-15(22-14)5-6-21-2/h3-4,7,10-11,17H,5-6,8-9H2,1-2H3,(H,18,20). The number of aromatic nitrogens is 1. The monoisotopic (exact) mass is 303 g/mol. The Balaban J connectivity index is 1.69. The number of carbonyl (C=O) groups is 1. The zero-order valence-electron chi connectivity index (χ0n) is 12.9. The normalized spacial score (nSPS) is 16.5. The average molecular weight is 303 g/mol. The van der Waals surface area contributed by atoms with E-state index < -0.39 is 0 Å². The summed E-state index contributed by atoms with van der Waals surface area (Å²) in [6.45, 7) is 4.38. The molecule has 2 heterocycles. The Hall–Kier alpha value is -1.92. The molecule has 1 aliphatic rings. The Morgan fingerprint density at radius 1 is 1.55 bits per heavy atom. The van der Waals surface area contributed by atoms with E-state index in [4.69, 9.17) is 9.15 Å². The largest absolute Gasteiger partial charge is 0.441 e. The van der Waals surface area contributed by atoms with Crippen molar-refractivity contribution in [2.45, 2.75) is 13.3 Å². The molecule has 1 aliphatic heterocycles. The molecular formula is C16H21N3O3. The molecule has 1 fully saturated rings. The van der Waals surface area contributed by atoms with Crippen LogP contribution in [0.25, 0.3) is 11.1 Å². The fourth-order valence-electron chi connectivity index (χ4n) is 2.48. The van der Waals surface area contributed by atoms with Gasteiger partial charge in [0, 0.05) is 25.1 Å². The first-order chi connectivity index (χ1) is 10.7. The predicted molar refractivity (Wildman–Crippen MR) is 83.7 cm³/mol. The third-order valence-electron chi connectivity index (χ3n) is 4.15. The van der Waals surface area contributed by atoms with Crippen LogP contribution in [0.1, 0.15) is 12.8 Å². The Morgan fingerprint density at radius 2 is 2.36 bits per heavy atom. The number of hydrogen-bond acceptors (Lipinski definition) is 5. The van der Waals surface area contributed by atoms with Crippen molar-refractivity contribution >= 4 is 22.7 Å². The highest BCUT2D eigenvalue weighted by Gasteiger charge is 2.28. The van der Waals surface area contributed by atoms with Gasteiger partial charge in [-0.2, -0.15) is 0 Å². The lowest BCUT2D eigenvalue weighted by molar-refractivity contribution is -0.121. The molecule has 6 heteroatoms. The molecule has 0 bridgehead atoms. The van der Waals surface area contributed by atoms with Gasteiger partial charge in [0.1, 0.15) is 5.52 Å². The van der Waals surface area contributed by atoms with E-state index >= 15 is 0 Å². The Labute approximate surface area is 129 Å². The van der Waals surface area contributed by atoms with E-state index in [1.807, 2.05) is 25.1 Å². The van der Waals surface area contributed by atoms with Crippen LogP contribution in [0, 0.1) is 11.8 Å². The predicted octanol–water partition coefficient (Wildman–Crippen LogP) is 1.81. The molecule has 118 valence electrons. The van der Waals surface area contributed by atoms with E-state index in [1.165, 1.54) is 0 Å². The maximum atomic E-state index is 12.2. The van der Waals surface area contributed by atoms with Crippen LogP contribution >= 0.6 is 0 Å². The van der Waals surface area contributed by atoms with Crippen LogP contribution < -0.4 is 10.6 Å². The van der Waals surface area contributed by atoms with Crippen molar-refractivity contribution in [1.82, 2.24) is 10.3 Å². The van der Waals surface area contributed by atoms with E-state index in [0.29, 0.717) is 24.8 Å². The van der Waals surface area contributed by atoms with Crippen LogP contribution in [-0.4, -0.2) is 37.7 Å². The molecule has 0 saturated carbocycles. The molecule has 6 nitrogen and oxygen atoms in total. The van der Waals surface area contributed by atoms with Gasteiger partial charge in [-0.15, -0.1) is 0 Å². The third kappa shape index (κ3) is 3.13. The van der Waals surface area contributed by atoms with Crippen LogP contribution in [0.15, 0.2) is 22.6 Å².